The number of methoxy groups -OCH3 is 2. The zero-order valence-electron chi connectivity index (χ0n) is 20.9. The van der Waals surface area contributed by atoms with Gasteiger partial charge in [-0.3, -0.25) is 0 Å². The van der Waals surface area contributed by atoms with Crippen LogP contribution >= 0.6 is 0 Å². The summed E-state index contributed by atoms with van der Waals surface area (Å²) in [5.41, 5.74) is 5.85. The van der Waals surface area contributed by atoms with Crippen LogP contribution in [0.1, 0.15) is 30.5 Å². The molecule has 36 heavy (non-hydrogen) atoms. The van der Waals surface area contributed by atoms with Gasteiger partial charge < -0.3 is 14.4 Å². The van der Waals surface area contributed by atoms with Crippen molar-refractivity contribution in [3.05, 3.63) is 113 Å². The smallest absolute Gasteiger partial charge is 0.355 e. The lowest BCUT2D eigenvalue weighted by atomic mass is 9.70. The average Bonchev–Trinajstić information content (AvgIpc) is 3.15. The molecule has 0 radical (unpaired) electrons. The molecule has 1 spiro atoms. The molecule has 5 nitrogen and oxygen atoms in total. The van der Waals surface area contributed by atoms with Gasteiger partial charge >= 0.3 is 11.9 Å². The summed E-state index contributed by atoms with van der Waals surface area (Å²) >= 11 is 0. The number of hydrogen-bond acceptors (Lipinski definition) is 5. The van der Waals surface area contributed by atoms with Gasteiger partial charge in [0.25, 0.3) is 0 Å². The van der Waals surface area contributed by atoms with E-state index in [0.29, 0.717) is 12.1 Å². The summed E-state index contributed by atoms with van der Waals surface area (Å²) in [7, 11) is 2.68. The fourth-order valence-corrected chi connectivity index (χ4v) is 5.94. The molecule has 1 heterocycles. The maximum atomic E-state index is 13.4. The molecule has 3 aromatic rings. The zero-order chi connectivity index (χ0) is 25.4. The summed E-state index contributed by atoms with van der Waals surface area (Å²) in [6, 6.07) is 26.3. The van der Waals surface area contributed by atoms with Crippen LogP contribution in [0.2, 0.25) is 0 Å². The molecule has 0 N–H and O–H groups in total. The molecule has 1 aliphatic carbocycles. The van der Waals surface area contributed by atoms with Crippen molar-refractivity contribution in [3.8, 4) is 11.1 Å². The minimum atomic E-state index is -0.636. The standard InChI is InChI=1S/C31H29NO4/c1-5-32-20(2)31(25-17-11-9-15-22(25)23-16-10-12-18-26(23)31)19-24(21-13-7-6-8-14-21)27(29(33)35-3)28(32)30(34)36-4/h6-20H,5H2,1-4H3. The van der Waals surface area contributed by atoms with E-state index in [-0.39, 0.29) is 17.3 Å². The molecule has 0 aromatic heterocycles. The van der Waals surface area contributed by atoms with Crippen molar-refractivity contribution in [1.29, 1.82) is 0 Å². The molecule has 3 aromatic carbocycles. The first-order valence-electron chi connectivity index (χ1n) is 12.1. The lowest BCUT2D eigenvalue weighted by Crippen LogP contribution is -2.48. The largest absolute Gasteiger partial charge is 0.465 e. The number of ether oxygens (including phenoxy) is 2. The van der Waals surface area contributed by atoms with Crippen LogP contribution in [0, 0.1) is 0 Å². The number of hydrogen-bond donors (Lipinski definition) is 0. The Kier molecular flexibility index (Phi) is 6.00. The lowest BCUT2D eigenvalue weighted by molar-refractivity contribution is -0.140. The van der Waals surface area contributed by atoms with Crippen LogP contribution in [0.3, 0.4) is 0 Å². The van der Waals surface area contributed by atoms with Gasteiger partial charge in [-0.15, -0.1) is 0 Å². The Balaban J connectivity index is 1.96. The van der Waals surface area contributed by atoms with E-state index in [0.717, 1.165) is 27.8 Å². The van der Waals surface area contributed by atoms with Crippen molar-refractivity contribution in [2.24, 2.45) is 0 Å². The zero-order valence-corrected chi connectivity index (χ0v) is 20.9. The van der Waals surface area contributed by atoms with Crippen molar-refractivity contribution < 1.29 is 19.1 Å². The molecule has 0 saturated heterocycles. The van der Waals surface area contributed by atoms with E-state index < -0.39 is 17.4 Å². The Bertz CT molecular complexity index is 1360. The van der Waals surface area contributed by atoms with Gasteiger partial charge in [0, 0.05) is 12.6 Å². The lowest BCUT2D eigenvalue weighted by Gasteiger charge is -2.42. The summed E-state index contributed by atoms with van der Waals surface area (Å²) in [6.07, 6.45) is 2.17. The Hall–Kier alpha value is -4.12. The highest BCUT2D eigenvalue weighted by atomic mass is 16.5. The third-order valence-corrected chi connectivity index (χ3v) is 7.52. The third kappa shape index (κ3) is 3.30. The highest BCUT2D eigenvalue weighted by Crippen LogP contribution is 2.55. The molecule has 5 rings (SSSR count). The Labute approximate surface area is 211 Å². The van der Waals surface area contributed by atoms with E-state index >= 15 is 0 Å². The number of rotatable bonds is 4. The molecule has 1 unspecified atom stereocenters. The van der Waals surface area contributed by atoms with Gasteiger partial charge in [-0.25, -0.2) is 9.59 Å². The minimum Gasteiger partial charge on any atom is -0.465 e. The Morgan fingerprint density at radius 2 is 1.33 bits per heavy atom. The molecule has 1 atom stereocenters. The second-order valence-corrected chi connectivity index (χ2v) is 9.05. The second kappa shape index (κ2) is 9.15. The summed E-state index contributed by atoms with van der Waals surface area (Å²) in [5.74, 6) is -1.14. The molecule has 182 valence electrons. The van der Waals surface area contributed by atoms with E-state index in [2.05, 4.69) is 37.3 Å². The number of carbonyl (C=O) groups is 2. The molecule has 0 saturated carbocycles. The van der Waals surface area contributed by atoms with Gasteiger partial charge in [0.1, 0.15) is 5.70 Å². The van der Waals surface area contributed by atoms with Crippen LogP contribution in [0.4, 0.5) is 0 Å². The fraction of sp³-hybridized carbons (Fsp3) is 0.226. The number of nitrogens with zero attached hydrogens (tertiary/aromatic N) is 1. The van der Waals surface area contributed by atoms with Crippen molar-refractivity contribution in [2.45, 2.75) is 25.3 Å². The SMILES string of the molecule is CCN1C(C(=O)OC)=C(C(=O)OC)C(c2ccccc2)=CC2(c3ccccc3-c3ccccc32)C1C. The van der Waals surface area contributed by atoms with Crippen LogP contribution < -0.4 is 0 Å². The molecule has 1 aliphatic heterocycles. The monoisotopic (exact) mass is 479 g/mol. The maximum Gasteiger partial charge on any atom is 0.355 e. The van der Waals surface area contributed by atoms with Crippen molar-refractivity contribution in [1.82, 2.24) is 4.90 Å². The van der Waals surface area contributed by atoms with Gasteiger partial charge in [-0.1, -0.05) is 84.9 Å². The first-order valence-corrected chi connectivity index (χ1v) is 12.1. The number of fused-ring (bicyclic) bond motifs is 5. The van der Waals surface area contributed by atoms with Gasteiger partial charge in [0.15, 0.2) is 0 Å². The predicted molar refractivity (Wildman–Crippen MR) is 140 cm³/mol. The number of carbonyl (C=O) groups excluding carboxylic acids is 2. The van der Waals surface area contributed by atoms with E-state index in [4.69, 9.17) is 9.47 Å². The van der Waals surface area contributed by atoms with E-state index in [1.165, 1.54) is 14.2 Å². The van der Waals surface area contributed by atoms with Crippen molar-refractivity contribution in [2.75, 3.05) is 20.8 Å². The Morgan fingerprint density at radius 3 is 1.86 bits per heavy atom. The van der Waals surface area contributed by atoms with Crippen molar-refractivity contribution >= 4 is 17.5 Å². The van der Waals surface area contributed by atoms with Crippen molar-refractivity contribution in [3.63, 3.8) is 0 Å². The number of likely N-dealkylation sites (N-methyl/N-ethyl adjacent to an activating group) is 1. The quantitative estimate of drug-likeness (QED) is 0.472. The van der Waals surface area contributed by atoms with Crippen LogP contribution in [0.25, 0.3) is 16.7 Å². The van der Waals surface area contributed by atoms with Crippen LogP contribution in [-0.4, -0.2) is 43.6 Å². The molecular weight excluding hydrogens is 450 g/mol. The topological polar surface area (TPSA) is 55.8 Å². The van der Waals surface area contributed by atoms with Gasteiger partial charge in [-0.2, -0.15) is 0 Å². The van der Waals surface area contributed by atoms with Crippen LogP contribution in [0.15, 0.2) is 96.2 Å². The summed E-state index contributed by atoms with van der Waals surface area (Å²) in [6.45, 7) is 4.60. The summed E-state index contributed by atoms with van der Waals surface area (Å²) < 4.78 is 10.5. The first-order chi connectivity index (χ1) is 17.5. The summed E-state index contributed by atoms with van der Waals surface area (Å²) in [4.78, 5) is 28.8. The highest BCUT2D eigenvalue weighted by molar-refractivity contribution is 6.13. The number of esters is 2. The second-order valence-electron chi connectivity index (χ2n) is 9.05. The highest BCUT2D eigenvalue weighted by Gasteiger charge is 2.51. The van der Waals surface area contributed by atoms with E-state index in [1.807, 2.05) is 66.4 Å². The molecular formula is C31H29NO4. The molecule has 0 fully saturated rings. The van der Waals surface area contributed by atoms with E-state index in [9.17, 15) is 9.59 Å². The van der Waals surface area contributed by atoms with Gasteiger partial charge in [0.05, 0.1) is 25.2 Å². The van der Waals surface area contributed by atoms with Crippen LogP contribution in [0.5, 0.6) is 0 Å². The number of benzene rings is 3. The molecule has 0 bridgehead atoms. The van der Waals surface area contributed by atoms with Crippen LogP contribution in [-0.2, 0) is 24.5 Å². The minimum absolute atomic E-state index is 0.211. The molecule has 0 amide bonds. The Morgan fingerprint density at radius 1 is 0.806 bits per heavy atom. The third-order valence-electron chi connectivity index (χ3n) is 7.52. The summed E-state index contributed by atoms with van der Waals surface area (Å²) in [5, 5.41) is 0. The predicted octanol–water partition coefficient (Wildman–Crippen LogP) is 5.36. The van der Waals surface area contributed by atoms with Gasteiger partial charge in [0.2, 0.25) is 0 Å². The maximum absolute atomic E-state index is 13.4. The normalized spacial score (nSPS) is 17.7. The van der Waals surface area contributed by atoms with Gasteiger partial charge in [-0.05, 0) is 47.2 Å². The van der Waals surface area contributed by atoms with E-state index in [1.54, 1.807) is 0 Å². The average molecular weight is 480 g/mol. The first kappa shape index (κ1) is 23.6. The fourth-order valence-electron chi connectivity index (χ4n) is 5.94. The molecule has 2 aliphatic rings. The molecule has 5 heteroatoms.